The molecule has 1 aromatic rings. The van der Waals surface area contributed by atoms with Crippen molar-refractivity contribution in [1.82, 2.24) is 4.98 Å². The second-order valence-corrected chi connectivity index (χ2v) is 4.73. The zero-order chi connectivity index (χ0) is 12.8. The van der Waals surface area contributed by atoms with E-state index in [9.17, 15) is 0 Å². The van der Waals surface area contributed by atoms with E-state index < -0.39 is 0 Å². The summed E-state index contributed by atoms with van der Waals surface area (Å²) in [5.41, 5.74) is 0. The van der Waals surface area contributed by atoms with E-state index in [0.717, 1.165) is 50.5 Å². The van der Waals surface area contributed by atoms with Gasteiger partial charge in [0.2, 0.25) is 0 Å². The zero-order valence-electron chi connectivity index (χ0n) is 11.4. The summed E-state index contributed by atoms with van der Waals surface area (Å²) >= 11 is 0. The fraction of sp³-hybridized carbons (Fsp3) is 0.643. The van der Waals surface area contributed by atoms with Gasteiger partial charge in [-0.15, -0.1) is 0 Å². The number of anilines is 2. The lowest BCUT2D eigenvalue weighted by Crippen LogP contribution is -2.37. The van der Waals surface area contributed by atoms with Crippen LogP contribution in [-0.4, -0.2) is 37.8 Å². The molecule has 0 aromatic carbocycles. The van der Waals surface area contributed by atoms with Crippen LogP contribution in [0.25, 0.3) is 0 Å². The van der Waals surface area contributed by atoms with Crippen molar-refractivity contribution in [3.8, 4) is 0 Å². The summed E-state index contributed by atoms with van der Waals surface area (Å²) in [6, 6.07) is 6.19. The molecule has 1 aliphatic heterocycles. The van der Waals surface area contributed by atoms with E-state index in [-0.39, 0.29) is 0 Å². The van der Waals surface area contributed by atoms with Crippen LogP contribution in [0.5, 0.6) is 0 Å². The quantitative estimate of drug-likeness (QED) is 0.870. The molecule has 1 fully saturated rings. The van der Waals surface area contributed by atoms with E-state index in [2.05, 4.69) is 34.3 Å². The summed E-state index contributed by atoms with van der Waals surface area (Å²) in [7, 11) is 1.80. The number of aromatic nitrogens is 1. The summed E-state index contributed by atoms with van der Waals surface area (Å²) in [5.74, 6) is 2.05. The van der Waals surface area contributed by atoms with Crippen molar-refractivity contribution in [3.05, 3.63) is 18.2 Å². The lowest BCUT2D eigenvalue weighted by atomic mass is 10.1. The number of nitrogens with zero attached hydrogens (tertiary/aromatic N) is 2. The highest BCUT2D eigenvalue weighted by Crippen LogP contribution is 2.20. The standard InChI is InChI=1S/C14H23N3O/c1-3-9-15-13-5-4-6-14(16-13)17-10-7-12(18-2)8-11-17/h4-6,12H,3,7-11H2,1-2H3,(H,15,16). The van der Waals surface area contributed by atoms with Crippen molar-refractivity contribution in [2.75, 3.05) is 37.0 Å². The van der Waals surface area contributed by atoms with E-state index in [1.165, 1.54) is 0 Å². The van der Waals surface area contributed by atoms with Crippen LogP contribution in [0, 0.1) is 0 Å². The van der Waals surface area contributed by atoms with Gasteiger partial charge in [0.1, 0.15) is 11.6 Å². The number of methoxy groups -OCH3 is 1. The molecule has 0 unspecified atom stereocenters. The molecule has 0 radical (unpaired) electrons. The van der Waals surface area contributed by atoms with Crippen molar-refractivity contribution < 1.29 is 4.74 Å². The number of nitrogens with one attached hydrogen (secondary N) is 1. The third-order valence-corrected chi connectivity index (χ3v) is 3.39. The van der Waals surface area contributed by atoms with Gasteiger partial charge in [-0.1, -0.05) is 13.0 Å². The summed E-state index contributed by atoms with van der Waals surface area (Å²) in [6.45, 7) is 5.19. The van der Waals surface area contributed by atoms with Crippen molar-refractivity contribution in [2.45, 2.75) is 32.3 Å². The van der Waals surface area contributed by atoms with Crippen LogP contribution in [0.2, 0.25) is 0 Å². The van der Waals surface area contributed by atoms with Crippen LogP contribution < -0.4 is 10.2 Å². The fourth-order valence-electron chi connectivity index (χ4n) is 2.27. The van der Waals surface area contributed by atoms with E-state index in [4.69, 9.17) is 4.74 Å². The number of rotatable bonds is 5. The van der Waals surface area contributed by atoms with Gasteiger partial charge in [-0.3, -0.25) is 0 Å². The van der Waals surface area contributed by atoms with E-state index in [1.807, 2.05) is 6.07 Å². The van der Waals surface area contributed by atoms with Crippen LogP contribution in [0.4, 0.5) is 11.6 Å². The predicted octanol–water partition coefficient (Wildman–Crippen LogP) is 2.52. The van der Waals surface area contributed by atoms with Gasteiger partial charge < -0.3 is 15.0 Å². The highest BCUT2D eigenvalue weighted by Gasteiger charge is 2.19. The first-order valence-corrected chi connectivity index (χ1v) is 6.82. The normalized spacial score (nSPS) is 16.9. The smallest absolute Gasteiger partial charge is 0.130 e. The molecule has 1 N–H and O–H groups in total. The minimum absolute atomic E-state index is 0.419. The molecule has 0 amide bonds. The maximum Gasteiger partial charge on any atom is 0.130 e. The average Bonchev–Trinajstić information content (AvgIpc) is 2.45. The van der Waals surface area contributed by atoms with Gasteiger partial charge in [-0.05, 0) is 31.4 Å². The lowest BCUT2D eigenvalue weighted by Gasteiger charge is -2.32. The lowest BCUT2D eigenvalue weighted by molar-refractivity contribution is 0.0818. The molecular weight excluding hydrogens is 226 g/mol. The number of ether oxygens (including phenoxy) is 1. The molecule has 100 valence electrons. The molecule has 2 heterocycles. The molecule has 1 aliphatic rings. The molecule has 0 saturated carbocycles. The van der Waals surface area contributed by atoms with Gasteiger partial charge in [-0.25, -0.2) is 4.98 Å². The molecule has 1 aromatic heterocycles. The van der Waals surface area contributed by atoms with Gasteiger partial charge in [0.25, 0.3) is 0 Å². The van der Waals surface area contributed by atoms with Gasteiger partial charge >= 0.3 is 0 Å². The minimum Gasteiger partial charge on any atom is -0.381 e. The average molecular weight is 249 g/mol. The van der Waals surface area contributed by atoms with Crippen LogP contribution in [0.1, 0.15) is 26.2 Å². The SMILES string of the molecule is CCCNc1cccc(N2CCC(OC)CC2)n1. The van der Waals surface area contributed by atoms with Crippen LogP contribution in [0.15, 0.2) is 18.2 Å². The van der Waals surface area contributed by atoms with Crippen LogP contribution >= 0.6 is 0 Å². The largest absolute Gasteiger partial charge is 0.381 e. The summed E-state index contributed by atoms with van der Waals surface area (Å²) in [5, 5.41) is 3.33. The molecule has 0 bridgehead atoms. The third kappa shape index (κ3) is 3.35. The number of pyridine rings is 1. The number of hydrogen-bond acceptors (Lipinski definition) is 4. The predicted molar refractivity (Wildman–Crippen MR) is 75.3 cm³/mol. The number of hydrogen-bond donors (Lipinski definition) is 1. The Kier molecular flexibility index (Phi) is 4.81. The summed E-state index contributed by atoms with van der Waals surface area (Å²) in [6.07, 6.45) is 3.71. The van der Waals surface area contributed by atoms with Gasteiger partial charge in [0.05, 0.1) is 6.10 Å². The molecular formula is C14H23N3O. The molecule has 1 saturated heterocycles. The Labute approximate surface area is 109 Å². The van der Waals surface area contributed by atoms with Gasteiger partial charge in [-0.2, -0.15) is 0 Å². The summed E-state index contributed by atoms with van der Waals surface area (Å²) < 4.78 is 5.39. The highest BCUT2D eigenvalue weighted by molar-refractivity contribution is 5.47. The van der Waals surface area contributed by atoms with E-state index in [0.29, 0.717) is 6.10 Å². The Morgan fingerprint density at radius 1 is 1.39 bits per heavy atom. The first kappa shape index (κ1) is 13.1. The Bertz CT molecular complexity index is 362. The molecule has 4 heteroatoms. The van der Waals surface area contributed by atoms with E-state index in [1.54, 1.807) is 7.11 Å². The molecule has 18 heavy (non-hydrogen) atoms. The monoisotopic (exact) mass is 249 g/mol. The molecule has 0 spiro atoms. The maximum absolute atomic E-state index is 5.39. The van der Waals surface area contributed by atoms with Crippen LogP contribution in [0.3, 0.4) is 0 Å². The second kappa shape index (κ2) is 6.59. The maximum atomic E-state index is 5.39. The molecule has 0 atom stereocenters. The van der Waals surface area contributed by atoms with Gasteiger partial charge in [0, 0.05) is 26.7 Å². The highest BCUT2D eigenvalue weighted by atomic mass is 16.5. The Balaban J connectivity index is 1.96. The third-order valence-electron chi connectivity index (χ3n) is 3.39. The van der Waals surface area contributed by atoms with Crippen molar-refractivity contribution in [2.24, 2.45) is 0 Å². The fourth-order valence-corrected chi connectivity index (χ4v) is 2.27. The van der Waals surface area contributed by atoms with Crippen molar-refractivity contribution in [3.63, 3.8) is 0 Å². The van der Waals surface area contributed by atoms with Gasteiger partial charge in [0.15, 0.2) is 0 Å². The number of piperidine rings is 1. The second-order valence-electron chi connectivity index (χ2n) is 4.73. The minimum atomic E-state index is 0.419. The first-order chi connectivity index (χ1) is 8.83. The first-order valence-electron chi connectivity index (χ1n) is 6.82. The molecule has 2 rings (SSSR count). The zero-order valence-corrected chi connectivity index (χ0v) is 11.4. The Hall–Kier alpha value is -1.29. The topological polar surface area (TPSA) is 37.4 Å². The Morgan fingerprint density at radius 3 is 2.83 bits per heavy atom. The van der Waals surface area contributed by atoms with Crippen LogP contribution in [-0.2, 0) is 4.74 Å². The van der Waals surface area contributed by atoms with Crippen molar-refractivity contribution in [1.29, 1.82) is 0 Å². The van der Waals surface area contributed by atoms with Crippen molar-refractivity contribution >= 4 is 11.6 Å². The van der Waals surface area contributed by atoms with E-state index >= 15 is 0 Å². The molecule has 0 aliphatic carbocycles. The summed E-state index contributed by atoms with van der Waals surface area (Å²) in [4.78, 5) is 7.00. The molecule has 4 nitrogen and oxygen atoms in total. The Morgan fingerprint density at radius 2 is 2.17 bits per heavy atom.